The lowest BCUT2D eigenvalue weighted by molar-refractivity contribution is 0.592. The molecule has 2 nitrogen and oxygen atoms in total. The molecule has 0 radical (unpaired) electrons. The number of para-hydroxylation sites is 1. The molecule has 2 rings (SSSR count). The monoisotopic (exact) mass is 288 g/mol. The SMILES string of the molecule is Nc1cc(F)c(Nc2c(Cl)cccc2Cl)c(F)c1. The highest BCUT2D eigenvalue weighted by atomic mass is 35.5. The fraction of sp³-hybridized carbons (Fsp3) is 0. The predicted molar refractivity (Wildman–Crippen MR) is 70.5 cm³/mol. The molecule has 0 aromatic heterocycles. The van der Waals surface area contributed by atoms with Crippen LogP contribution < -0.4 is 11.1 Å². The summed E-state index contributed by atoms with van der Waals surface area (Å²) in [6.45, 7) is 0. The van der Waals surface area contributed by atoms with E-state index in [9.17, 15) is 8.78 Å². The van der Waals surface area contributed by atoms with Gasteiger partial charge in [0.1, 0.15) is 5.69 Å². The molecule has 2 aromatic carbocycles. The molecule has 0 fully saturated rings. The van der Waals surface area contributed by atoms with Gasteiger partial charge >= 0.3 is 0 Å². The number of benzene rings is 2. The zero-order valence-corrected chi connectivity index (χ0v) is 10.5. The fourth-order valence-corrected chi connectivity index (χ4v) is 1.95. The first-order valence-corrected chi connectivity index (χ1v) is 5.70. The van der Waals surface area contributed by atoms with Crippen LogP contribution in [0.2, 0.25) is 10.0 Å². The molecule has 0 atom stereocenters. The van der Waals surface area contributed by atoms with Crippen LogP contribution in [0, 0.1) is 11.6 Å². The van der Waals surface area contributed by atoms with Crippen molar-refractivity contribution in [3.63, 3.8) is 0 Å². The molecular weight excluding hydrogens is 281 g/mol. The van der Waals surface area contributed by atoms with Crippen molar-refractivity contribution in [3.8, 4) is 0 Å². The molecule has 0 aliphatic heterocycles. The minimum atomic E-state index is -0.816. The number of anilines is 3. The molecule has 18 heavy (non-hydrogen) atoms. The van der Waals surface area contributed by atoms with Gasteiger partial charge in [0.2, 0.25) is 0 Å². The molecule has 0 bridgehead atoms. The van der Waals surface area contributed by atoms with E-state index < -0.39 is 11.6 Å². The lowest BCUT2D eigenvalue weighted by atomic mass is 10.2. The Balaban J connectivity index is 2.47. The minimum absolute atomic E-state index is 0.000746. The van der Waals surface area contributed by atoms with Crippen molar-refractivity contribution >= 4 is 40.3 Å². The van der Waals surface area contributed by atoms with E-state index in [-0.39, 0.29) is 27.1 Å². The van der Waals surface area contributed by atoms with E-state index in [0.29, 0.717) is 0 Å². The lowest BCUT2D eigenvalue weighted by Crippen LogP contribution is -2.00. The summed E-state index contributed by atoms with van der Waals surface area (Å²) in [7, 11) is 0. The van der Waals surface area contributed by atoms with Crippen molar-refractivity contribution < 1.29 is 8.78 Å². The van der Waals surface area contributed by atoms with Crippen molar-refractivity contribution in [1.29, 1.82) is 0 Å². The van der Waals surface area contributed by atoms with Gasteiger partial charge in [-0.15, -0.1) is 0 Å². The van der Waals surface area contributed by atoms with Gasteiger partial charge in [-0.1, -0.05) is 29.3 Å². The Morgan fingerprint density at radius 1 is 0.944 bits per heavy atom. The zero-order valence-electron chi connectivity index (χ0n) is 8.98. The molecule has 0 spiro atoms. The maximum Gasteiger partial charge on any atom is 0.151 e. The van der Waals surface area contributed by atoms with Crippen LogP contribution in [0.3, 0.4) is 0 Å². The Kier molecular flexibility index (Phi) is 3.59. The van der Waals surface area contributed by atoms with Crippen molar-refractivity contribution in [1.82, 2.24) is 0 Å². The summed E-state index contributed by atoms with van der Waals surface area (Å²) in [5, 5.41) is 3.06. The average molecular weight is 289 g/mol. The van der Waals surface area contributed by atoms with Crippen LogP contribution in [-0.4, -0.2) is 0 Å². The molecule has 0 amide bonds. The quantitative estimate of drug-likeness (QED) is 0.793. The third-order valence-electron chi connectivity index (χ3n) is 2.28. The number of nitrogen functional groups attached to an aromatic ring is 1. The third kappa shape index (κ3) is 2.49. The van der Waals surface area contributed by atoms with Crippen molar-refractivity contribution in [2.75, 3.05) is 11.1 Å². The van der Waals surface area contributed by atoms with Crippen LogP contribution in [0.15, 0.2) is 30.3 Å². The number of hydrogen-bond acceptors (Lipinski definition) is 2. The summed E-state index contributed by atoms with van der Waals surface area (Å²) in [6.07, 6.45) is 0. The molecule has 94 valence electrons. The summed E-state index contributed by atoms with van der Waals surface area (Å²) in [5.41, 5.74) is 5.21. The van der Waals surface area contributed by atoms with E-state index in [4.69, 9.17) is 28.9 Å². The maximum atomic E-state index is 13.6. The molecule has 0 saturated carbocycles. The van der Waals surface area contributed by atoms with Gasteiger partial charge in [-0.05, 0) is 24.3 Å². The number of rotatable bonds is 2. The standard InChI is InChI=1S/C12H8Cl2F2N2/c13-7-2-1-3-8(14)11(7)18-12-9(15)4-6(17)5-10(12)16/h1-5,18H,17H2. The van der Waals surface area contributed by atoms with E-state index >= 15 is 0 Å². The summed E-state index contributed by atoms with van der Waals surface area (Å²) in [6, 6.07) is 6.77. The normalized spacial score (nSPS) is 10.4. The van der Waals surface area contributed by atoms with Gasteiger partial charge in [0, 0.05) is 5.69 Å². The molecule has 3 N–H and O–H groups in total. The van der Waals surface area contributed by atoms with Gasteiger partial charge in [-0.25, -0.2) is 8.78 Å². The van der Waals surface area contributed by atoms with Gasteiger partial charge in [0.15, 0.2) is 11.6 Å². The van der Waals surface area contributed by atoms with Crippen LogP contribution in [0.25, 0.3) is 0 Å². The van der Waals surface area contributed by atoms with Crippen molar-refractivity contribution in [2.24, 2.45) is 0 Å². The van der Waals surface area contributed by atoms with Crippen LogP contribution in [-0.2, 0) is 0 Å². The third-order valence-corrected chi connectivity index (χ3v) is 2.91. The van der Waals surface area contributed by atoms with Gasteiger partial charge < -0.3 is 11.1 Å². The number of halogens is 4. The molecule has 6 heteroatoms. The molecule has 0 aliphatic rings. The van der Waals surface area contributed by atoms with Gasteiger partial charge in [0.05, 0.1) is 15.7 Å². The van der Waals surface area contributed by atoms with Gasteiger partial charge in [-0.3, -0.25) is 0 Å². The van der Waals surface area contributed by atoms with E-state index in [2.05, 4.69) is 5.32 Å². The van der Waals surface area contributed by atoms with Crippen LogP contribution in [0.4, 0.5) is 25.8 Å². The summed E-state index contributed by atoms with van der Waals surface area (Å²) in [5.74, 6) is -1.63. The maximum absolute atomic E-state index is 13.6. The Morgan fingerprint density at radius 2 is 1.44 bits per heavy atom. The number of nitrogens with two attached hydrogens (primary N) is 1. The summed E-state index contributed by atoms with van der Waals surface area (Å²) >= 11 is 11.8. The van der Waals surface area contributed by atoms with Gasteiger partial charge in [0.25, 0.3) is 0 Å². The Labute approximate surface area is 112 Å². The highest BCUT2D eigenvalue weighted by molar-refractivity contribution is 6.39. The highest BCUT2D eigenvalue weighted by Gasteiger charge is 2.13. The Hall–Kier alpha value is -1.52. The molecule has 0 heterocycles. The second-order valence-electron chi connectivity index (χ2n) is 3.58. The summed E-state index contributed by atoms with van der Waals surface area (Å²) in [4.78, 5) is 0. The van der Waals surface area contributed by atoms with Crippen molar-refractivity contribution in [2.45, 2.75) is 0 Å². The second kappa shape index (κ2) is 5.00. The Morgan fingerprint density at radius 3 is 1.94 bits per heavy atom. The number of hydrogen-bond donors (Lipinski definition) is 2. The smallest absolute Gasteiger partial charge is 0.151 e. The summed E-state index contributed by atoms with van der Waals surface area (Å²) < 4.78 is 27.2. The van der Waals surface area contributed by atoms with Crippen molar-refractivity contribution in [3.05, 3.63) is 52.0 Å². The minimum Gasteiger partial charge on any atom is -0.399 e. The zero-order chi connectivity index (χ0) is 13.3. The van der Waals surface area contributed by atoms with Crippen LogP contribution in [0.1, 0.15) is 0 Å². The van der Waals surface area contributed by atoms with Crippen LogP contribution in [0.5, 0.6) is 0 Å². The molecule has 0 unspecified atom stereocenters. The molecule has 0 aliphatic carbocycles. The van der Waals surface area contributed by atoms with E-state index in [1.54, 1.807) is 18.2 Å². The van der Waals surface area contributed by atoms with E-state index in [1.807, 2.05) is 0 Å². The average Bonchev–Trinajstić information content (AvgIpc) is 2.26. The second-order valence-corrected chi connectivity index (χ2v) is 4.40. The molecule has 0 saturated heterocycles. The van der Waals surface area contributed by atoms with E-state index in [0.717, 1.165) is 12.1 Å². The first-order chi connectivity index (χ1) is 8.49. The fourth-order valence-electron chi connectivity index (χ4n) is 1.45. The highest BCUT2D eigenvalue weighted by Crippen LogP contribution is 2.34. The molecule has 2 aromatic rings. The number of nitrogens with one attached hydrogen (secondary N) is 1. The lowest BCUT2D eigenvalue weighted by Gasteiger charge is -2.12. The first-order valence-electron chi connectivity index (χ1n) is 4.94. The Bertz CT molecular complexity index is 559. The first kappa shape index (κ1) is 12.9. The van der Waals surface area contributed by atoms with Crippen LogP contribution >= 0.6 is 23.2 Å². The largest absolute Gasteiger partial charge is 0.399 e. The van der Waals surface area contributed by atoms with Gasteiger partial charge in [-0.2, -0.15) is 0 Å². The van der Waals surface area contributed by atoms with E-state index in [1.165, 1.54) is 0 Å². The molecular formula is C12H8Cl2F2N2. The topological polar surface area (TPSA) is 38.0 Å². The predicted octanol–water partition coefficient (Wildman–Crippen LogP) is 4.60.